The van der Waals surface area contributed by atoms with Crippen LogP contribution in [0.3, 0.4) is 0 Å². The van der Waals surface area contributed by atoms with Gasteiger partial charge >= 0.3 is 0 Å². The van der Waals surface area contributed by atoms with Crippen LogP contribution in [0.5, 0.6) is 5.75 Å². The lowest BCUT2D eigenvalue weighted by atomic mass is 10.2. The van der Waals surface area contributed by atoms with Gasteiger partial charge in [0.1, 0.15) is 18.2 Å². The van der Waals surface area contributed by atoms with Crippen molar-refractivity contribution >= 4 is 39.5 Å². The van der Waals surface area contributed by atoms with E-state index in [1.165, 1.54) is 46.1 Å². The van der Waals surface area contributed by atoms with E-state index in [0.29, 0.717) is 27.1 Å². The molecule has 2 aromatic heterocycles. The maximum absolute atomic E-state index is 13.4. The number of hydrogen-bond acceptors (Lipinski definition) is 5. The second-order valence-corrected chi connectivity index (χ2v) is 7.34. The molecule has 0 unspecified atom stereocenters. The first kappa shape index (κ1) is 19.1. The van der Waals surface area contributed by atoms with Crippen LogP contribution in [0, 0.1) is 5.82 Å². The monoisotopic (exact) mass is 429 g/mol. The number of rotatable bonds is 5. The maximum atomic E-state index is 13.4. The number of nitrogens with one attached hydrogen (secondary N) is 1. The first-order valence-electron chi connectivity index (χ1n) is 8.45. The molecule has 0 saturated carbocycles. The van der Waals surface area contributed by atoms with Crippen molar-refractivity contribution in [2.24, 2.45) is 0 Å². The molecule has 0 aliphatic rings. The number of ether oxygens (including phenoxy) is 1. The van der Waals surface area contributed by atoms with E-state index < -0.39 is 11.7 Å². The lowest BCUT2D eigenvalue weighted by Gasteiger charge is -2.13. The number of aromatic nitrogens is 2. The zero-order chi connectivity index (χ0) is 20.4. The number of benzene rings is 2. The van der Waals surface area contributed by atoms with Gasteiger partial charge in [0, 0.05) is 28.2 Å². The van der Waals surface area contributed by atoms with Gasteiger partial charge in [-0.2, -0.15) is 0 Å². The van der Waals surface area contributed by atoms with E-state index in [9.17, 15) is 14.0 Å². The Balaban J connectivity index is 1.56. The summed E-state index contributed by atoms with van der Waals surface area (Å²) in [4.78, 5) is 29.5. The fourth-order valence-electron chi connectivity index (χ4n) is 2.66. The zero-order valence-corrected chi connectivity index (χ0v) is 16.3. The van der Waals surface area contributed by atoms with Crippen molar-refractivity contribution in [1.29, 1.82) is 0 Å². The topological polar surface area (TPSA) is 72.7 Å². The van der Waals surface area contributed by atoms with Crippen molar-refractivity contribution in [3.05, 3.63) is 92.6 Å². The Hall–Kier alpha value is -3.23. The van der Waals surface area contributed by atoms with Crippen molar-refractivity contribution in [2.75, 3.05) is 5.32 Å². The minimum absolute atomic E-state index is 0.0219. The van der Waals surface area contributed by atoms with Crippen LogP contribution in [0.15, 0.2) is 64.9 Å². The molecule has 9 heteroatoms. The van der Waals surface area contributed by atoms with Crippen molar-refractivity contribution in [3.8, 4) is 5.75 Å². The number of amides is 1. The summed E-state index contributed by atoms with van der Waals surface area (Å²) in [5, 5.41) is 4.83. The Morgan fingerprint density at radius 2 is 2.10 bits per heavy atom. The molecule has 0 bridgehead atoms. The number of carbonyl (C=O) groups is 1. The van der Waals surface area contributed by atoms with E-state index in [1.807, 2.05) is 0 Å². The maximum Gasteiger partial charge on any atom is 0.258 e. The average Bonchev–Trinajstić information content (AvgIpc) is 3.16. The second-order valence-electron chi connectivity index (χ2n) is 6.03. The lowest BCUT2D eigenvalue weighted by Crippen LogP contribution is -2.15. The summed E-state index contributed by atoms with van der Waals surface area (Å²) in [6, 6.07) is 11.5. The van der Waals surface area contributed by atoms with Gasteiger partial charge in [-0.25, -0.2) is 9.37 Å². The summed E-state index contributed by atoms with van der Waals surface area (Å²) in [7, 11) is 0. The quantitative estimate of drug-likeness (QED) is 0.511. The molecule has 2 heterocycles. The summed E-state index contributed by atoms with van der Waals surface area (Å²) in [6.07, 6.45) is 1.65. The van der Waals surface area contributed by atoms with Crippen LogP contribution in [0.1, 0.15) is 16.1 Å². The fraction of sp³-hybridized carbons (Fsp3) is 0.0500. The minimum atomic E-state index is -0.512. The summed E-state index contributed by atoms with van der Waals surface area (Å²) >= 11 is 7.38. The summed E-state index contributed by atoms with van der Waals surface area (Å²) in [5.41, 5.74) is 0.731. The molecule has 2 aromatic carbocycles. The third kappa shape index (κ3) is 4.28. The third-order valence-electron chi connectivity index (χ3n) is 4.01. The first-order chi connectivity index (χ1) is 14.0. The van der Waals surface area contributed by atoms with Gasteiger partial charge in [-0.1, -0.05) is 17.7 Å². The number of anilines is 1. The highest BCUT2D eigenvalue weighted by Gasteiger charge is 2.13. The van der Waals surface area contributed by atoms with Gasteiger partial charge in [-0.15, -0.1) is 11.3 Å². The van der Waals surface area contributed by atoms with Crippen LogP contribution >= 0.6 is 22.9 Å². The summed E-state index contributed by atoms with van der Waals surface area (Å²) in [6.45, 7) is 0.0219. The van der Waals surface area contributed by atoms with Crippen LogP contribution in [0.4, 0.5) is 10.1 Å². The van der Waals surface area contributed by atoms with E-state index in [0.717, 1.165) is 6.07 Å². The molecule has 4 aromatic rings. The van der Waals surface area contributed by atoms with Crippen molar-refractivity contribution in [1.82, 2.24) is 9.38 Å². The summed E-state index contributed by atoms with van der Waals surface area (Å²) in [5.74, 6) is -0.679. The predicted octanol–water partition coefficient (Wildman–Crippen LogP) is 4.38. The molecule has 0 saturated heterocycles. The van der Waals surface area contributed by atoms with Crippen molar-refractivity contribution < 1.29 is 13.9 Å². The number of hydrogen-bond donors (Lipinski definition) is 1. The van der Waals surface area contributed by atoms with Crippen molar-refractivity contribution in [2.45, 2.75) is 6.61 Å². The highest BCUT2D eigenvalue weighted by atomic mass is 35.5. The first-order valence-corrected chi connectivity index (χ1v) is 9.70. The molecule has 4 rings (SSSR count). The molecule has 6 nitrogen and oxygen atoms in total. The van der Waals surface area contributed by atoms with Gasteiger partial charge in [0.15, 0.2) is 4.96 Å². The van der Waals surface area contributed by atoms with Gasteiger partial charge in [0.05, 0.1) is 11.4 Å². The molecule has 0 atom stereocenters. The van der Waals surface area contributed by atoms with Crippen LogP contribution < -0.4 is 15.6 Å². The lowest BCUT2D eigenvalue weighted by molar-refractivity contribution is 0.102. The SMILES string of the molecule is O=C(Nc1cc(Cl)ccc1OCc1cc(=O)n2ccsc2n1)c1cccc(F)c1. The van der Waals surface area contributed by atoms with Gasteiger partial charge in [-0.3, -0.25) is 14.0 Å². The van der Waals surface area contributed by atoms with E-state index in [-0.39, 0.29) is 17.7 Å². The number of halogens is 2. The fourth-order valence-corrected chi connectivity index (χ4v) is 3.57. The molecular formula is C20H13ClFN3O3S. The minimum Gasteiger partial charge on any atom is -0.485 e. The number of fused-ring (bicyclic) bond motifs is 1. The number of carbonyl (C=O) groups excluding carboxylic acids is 1. The molecule has 29 heavy (non-hydrogen) atoms. The van der Waals surface area contributed by atoms with Gasteiger partial charge in [-0.05, 0) is 36.4 Å². The normalized spacial score (nSPS) is 10.8. The highest BCUT2D eigenvalue weighted by Crippen LogP contribution is 2.29. The molecule has 1 amide bonds. The Morgan fingerprint density at radius 1 is 1.24 bits per heavy atom. The smallest absolute Gasteiger partial charge is 0.258 e. The molecule has 0 aliphatic carbocycles. The predicted molar refractivity (Wildman–Crippen MR) is 109 cm³/mol. The molecule has 146 valence electrons. The Kier molecular flexibility index (Phi) is 5.28. The van der Waals surface area contributed by atoms with Crippen LogP contribution in [0.2, 0.25) is 5.02 Å². The van der Waals surface area contributed by atoms with E-state index in [1.54, 1.807) is 23.7 Å². The Bertz CT molecular complexity index is 1270. The highest BCUT2D eigenvalue weighted by molar-refractivity contribution is 7.15. The number of thiazole rings is 1. The molecule has 0 fully saturated rings. The zero-order valence-electron chi connectivity index (χ0n) is 14.8. The largest absolute Gasteiger partial charge is 0.485 e. The molecule has 1 N–H and O–H groups in total. The summed E-state index contributed by atoms with van der Waals surface area (Å²) < 4.78 is 20.6. The van der Waals surface area contributed by atoms with Gasteiger partial charge in [0.2, 0.25) is 0 Å². The molecular weight excluding hydrogens is 417 g/mol. The molecule has 0 spiro atoms. The van der Waals surface area contributed by atoms with Crippen molar-refractivity contribution in [3.63, 3.8) is 0 Å². The van der Waals surface area contributed by atoms with Crippen LogP contribution in [-0.2, 0) is 6.61 Å². The van der Waals surface area contributed by atoms with Crippen LogP contribution in [0.25, 0.3) is 4.96 Å². The van der Waals surface area contributed by atoms with Gasteiger partial charge in [0.25, 0.3) is 11.5 Å². The van der Waals surface area contributed by atoms with E-state index in [4.69, 9.17) is 16.3 Å². The standard InChI is InChI=1S/C20H13ClFN3O3S/c21-13-4-5-17(16(9-13)24-19(27)12-2-1-3-14(22)8-12)28-11-15-10-18(26)25-6-7-29-20(25)23-15/h1-10H,11H2,(H,24,27). The second kappa shape index (κ2) is 8.02. The molecule has 0 aliphatic heterocycles. The number of nitrogens with zero attached hydrogens (tertiary/aromatic N) is 2. The average molecular weight is 430 g/mol. The Labute approximate surface area is 173 Å². The van der Waals surface area contributed by atoms with Crippen LogP contribution in [-0.4, -0.2) is 15.3 Å². The Morgan fingerprint density at radius 3 is 2.93 bits per heavy atom. The van der Waals surface area contributed by atoms with Gasteiger partial charge < -0.3 is 10.1 Å². The third-order valence-corrected chi connectivity index (χ3v) is 5.00. The molecule has 0 radical (unpaired) electrons. The van der Waals surface area contributed by atoms with E-state index >= 15 is 0 Å². The van der Waals surface area contributed by atoms with E-state index in [2.05, 4.69) is 10.3 Å².